The number of piperazine rings is 1. The zero-order valence-electron chi connectivity index (χ0n) is 10.8. The molecule has 0 spiro atoms. The molecule has 18 heavy (non-hydrogen) atoms. The summed E-state index contributed by atoms with van der Waals surface area (Å²) in [6.45, 7) is 6.35. The minimum Gasteiger partial charge on any atom is -0.368 e. The zero-order valence-corrected chi connectivity index (χ0v) is 10.8. The number of nitrogens with two attached hydrogens (primary N) is 1. The quantitative estimate of drug-likeness (QED) is 0.787. The number of anilines is 2. The summed E-state index contributed by atoms with van der Waals surface area (Å²) in [4.78, 5) is 8.92. The lowest BCUT2D eigenvalue weighted by Crippen LogP contribution is -2.44. The molecule has 2 N–H and O–H groups in total. The highest BCUT2D eigenvalue weighted by Gasteiger charge is 2.17. The summed E-state index contributed by atoms with van der Waals surface area (Å²) >= 11 is 0. The molecule has 0 atom stereocenters. The van der Waals surface area contributed by atoms with Crippen LogP contribution in [-0.2, 0) is 0 Å². The van der Waals surface area contributed by atoms with E-state index in [4.69, 9.17) is 5.73 Å². The van der Waals surface area contributed by atoms with Crippen molar-refractivity contribution in [3.05, 3.63) is 17.8 Å². The number of fused-ring (bicyclic) bond motifs is 1. The van der Waals surface area contributed by atoms with Crippen molar-refractivity contribution in [3.8, 4) is 0 Å². The second-order valence-electron chi connectivity index (χ2n) is 4.83. The summed E-state index contributed by atoms with van der Waals surface area (Å²) in [5.41, 5.74) is 8.77. The lowest BCUT2D eigenvalue weighted by atomic mass is 10.2. The molecule has 0 aromatic carbocycles. The molecule has 6 nitrogen and oxygen atoms in total. The van der Waals surface area contributed by atoms with E-state index in [2.05, 4.69) is 39.9 Å². The highest BCUT2D eigenvalue weighted by atomic mass is 15.3. The van der Waals surface area contributed by atoms with E-state index >= 15 is 0 Å². The molecule has 6 heteroatoms. The molecule has 0 bridgehead atoms. The van der Waals surface area contributed by atoms with Gasteiger partial charge in [-0.2, -0.15) is 4.98 Å². The summed E-state index contributed by atoms with van der Waals surface area (Å²) in [6.07, 6.45) is 0. The maximum Gasteiger partial charge on any atom is 0.240 e. The van der Waals surface area contributed by atoms with Crippen LogP contribution in [0.15, 0.2) is 12.1 Å². The second kappa shape index (κ2) is 4.13. The number of rotatable bonds is 1. The van der Waals surface area contributed by atoms with Gasteiger partial charge in [-0.3, -0.25) is 0 Å². The Morgan fingerprint density at radius 1 is 1.17 bits per heavy atom. The lowest BCUT2D eigenvalue weighted by Gasteiger charge is -2.34. The maximum absolute atomic E-state index is 5.64. The molecule has 0 amide bonds. The number of likely N-dealkylation sites (N-methyl/N-ethyl adjacent to an activating group) is 1. The van der Waals surface area contributed by atoms with Crippen LogP contribution >= 0.6 is 0 Å². The number of nitrogens with zero attached hydrogens (tertiary/aromatic N) is 5. The van der Waals surface area contributed by atoms with Gasteiger partial charge in [0.05, 0.1) is 11.4 Å². The molecular weight excluding hydrogens is 228 g/mol. The van der Waals surface area contributed by atoms with E-state index in [0.29, 0.717) is 5.95 Å². The first-order valence-corrected chi connectivity index (χ1v) is 6.20. The molecule has 96 valence electrons. The lowest BCUT2D eigenvalue weighted by molar-refractivity contribution is 0.312. The Morgan fingerprint density at radius 3 is 2.61 bits per heavy atom. The van der Waals surface area contributed by atoms with Gasteiger partial charge in [0.15, 0.2) is 5.65 Å². The van der Waals surface area contributed by atoms with Gasteiger partial charge in [0.1, 0.15) is 0 Å². The summed E-state index contributed by atoms with van der Waals surface area (Å²) in [5.74, 6) is 0.327. The molecule has 1 saturated heterocycles. The molecule has 0 radical (unpaired) electrons. The van der Waals surface area contributed by atoms with Gasteiger partial charge in [-0.15, -0.1) is 5.10 Å². The first kappa shape index (κ1) is 11.3. The Labute approximate surface area is 106 Å². The van der Waals surface area contributed by atoms with Gasteiger partial charge in [0.25, 0.3) is 0 Å². The number of hydrogen-bond acceptors (Lipinski definition) is 5. The van der Waals surface area contributed by atoms with E-state index in [-0.39, 0.29) is 0 Å². The zero-order chi connectivity index (χ0) is 12.7. The van der Waals surface area contributed by atoms with Crippen molar-refractivity contribution in [2.75, 3.05) is 43.9 Å². The van der Waals surface area contributed by atoms with E-state index in [1.54, 1.807) is 0 Å². The number of pyridine rings is 1. The molecule has 1 fully saturated rings. The molecule has 0 saturated carbocycles. The Hall–Kier alpha value is -1.82. The standard InChI is InChI=1S/C12H18N6/c1-9-10(17-7-5-16(2)6-8-17)3-4-11-14-12(13)15-18(9)11/h3-4H,5-8H2,1-2H3,(H2,13,15). The van der Waals surface area contributed by atoms with E-state index in [9.17, 15) is 0 Å². The minimum absolute atomic E-state index is 0.327. The molecule has 0 aliphatic carbocycles. The number of nitrogen functional groups attached to an aromatic ring is 1. The van der Waals surface area contributed by atoms with Gasteiger partial charge in [0.2, 0.25) is 5.95 Å². The fourth-order valence-electron chi connectivity index (χ4n) is 2.46. The Kier molecular flexibility index (Phi) is 2.59. The van der Waals surface area contributed by atoms with Gasteiger partial charge in [-0.1, -0.05) is 0 Å². The number of aromatic nitrogens is 3. The second-order valence-corrected chi connectivity index (χ2v) is 4.83. The van der Waals surface area contributed by atoms with Crippen LogP contribution in [0.2, 0.25) is 0 Å². The molecular formula is C12H18N6. The monoisotopic (exact) mass is 246 g/mol. The van der Waals surface area contributed by atoms with Crippen LogP contribution < -0.4 is 10.6 Å². The molecule has 0 unspecified atom stereocenters. The van der Waals surface area contributed by atoms with Crippen molar-refractivity contribution in [1.82, 2.24) is 19.5 Å². The SMILES string of the molecule is Cc1c(N2CCN(C)CC2)ccc2nc(N)nn12. The fraction of sp³-hybridized carbons (Fsp3) is 0.500. The van der Waals surface area contributed by atoms with Crippen LogP contribution in [0.4, 0.5) is 11.6 Å². The molecule has 1 aliphatic rings. The van der Waals surface area contributed by atoms with Crippen molar-refractivity contribution in [3.63, 3.8) is 0 Å². The maximum atomic E-state index is 5.64. The summed E-state index contributed by atoms with van der Waals surface area (Å²) in [7, 11) is 2.16. The molecule has 3 rings (SSSR count). The topological polar surface area (TPSA) is 62.7 Å². The molecule has 2 aromatic heterocycles. The third-order valence-electron chi connectivity index (χ3n) is 3.57. The first-order valence-electron chi connectivity index (χ1n) is 6.20. The first-order chi connectivity index (χ1) is 8.65. The molecule has 3 heterocycles. The smallest absolute Gasteiger partial charge is 0.240 e. The third-order valence-corrected chi connectivity index (χ3v) is 3.57. The van der Waals surface area contributed by atoms with Crippen molar-refractivity contribution >= 4 is 17.3 Å². The van der Waals surface area contributed by atoms with Gasteiger partial charge in [-0.25, -0.2) is 4.52 Å². The third kappa shape index (κ3) is 1.78. The fourth-order valence-corrected chi connectivity index (χ4v) is 2.46. The van der Waals surface area contributed by atoms with Gasteiger partial charge < -0.3 is 15.5 Å². The number of hydrogen-bond donors (Lipinski definition) is 1. The van der Waals surface area contributed by atoms with Crippen LogP contribution in [0.5, 0.6) is 0 Å². The minimum atomic E-state index is 0.327. The van der Waals surface area contributed by atoms with Crippen LogP contribution in [0, 0.1) is 6.92 Å². The predicted octanol–water partition coefficient (Wildman–Crippen LogP) is 0.372. The van der Waals surface area contributed by atoms with Gasteiger partial charge >= 0.3 is 0 Å². The van der Waals surface area contributed by atoms with E-state index in [1.807, 2.05) is 10.6 Å². The average Bonchev–Trinajstić information content (AvgIpc) is 2.73. The molecule has 2 aromatic rings. The van der Waals surface area contributed by atoms with Crippen LogP contribution in [-0.4, -0.2) is 52.7 Å². The summed E-state index contributed by atoms with van der Waals surface area (Å²) in [5, 5.41) is 4.23. The van der Waals surface area contributed by atoms with Crippen LogP contribution in [0.1, 0.15) is 5.69 Å². The Balaban J connectivity index is 1.99. The Bertz CT molecular complexity index is 567. The summed E-state index contributed by atoms with van der Waals surface area (Å²) < 4.78 is 1.82. The summed E-state index contributed by atoms with van der Waals surface area (Å²) in [6, 6.07) is 4.09. The number of aryl methyl sites for hydroxylation is 1. The van der Waals surface area contributed by atoms with Crippen molar-refractivity contribution in [2.45, 2.75) is 6.92 Å². The van der Waals surface area contributed by atoms with Gasteiger partial charge in [-0.05, 0) is 26.1 Å². The van der Waals surface area contributed by atoms with Crippen molar-refractivity contribution in [2.24, 2.45) is 0 Å². The normalized spacial score (nSPS) is 17.6. The van der Waals surface area contributed by atoms with Gasteiger partial charge in [0, 0.05) is 26.2 Å². The average molecular weight is 246 g/mol. The van der Waals surface area contributed by atoms with Crippen LogP contribution in [0.3, 0.4) is 0 Å². The molecule has 1 aliphatic heterocycles. The Morgan fingerprint density at radius 2 is 1.89 bits per heavy atom. The van der Waals surface area contributed by atoms with Crippen LogP contribution in [0.25, 0.3) is 5.65 Å². The van der Waals surface area contributed by atoms with Crippen molar-refractivity contribution in [1.29, 1.82) is 0 Å². The predicted molar refractivity (Wildman–Crippen MR) is 71.8 cm³/mol. The van der Waals surface area contributed by atoms with Crippen molar-refractivity contribution < 1.29 is 0 Å². The van der Waals surface area contributed by atoms with E-state index in [0.717, 1.165) is 37.5 Å². The highest BCUT2D eigenvalue weighted by Crippen LogP contribution is 2.22. The highest BCUT2D eigenvalue weighted by molar-refractivity contribution is 5.57. The van der Waals surface area contributed by atoms with E-state index in [1.165, 1.54) is 5.69 Å². The largest absolute Gasteiger partial charge is 0.368 e. The van der Waals surface area contributed by atoms with E-state index < -0.39 is 0 Å².